The topological polar surface area (TPSA) is 466 Å². The van der Waals surface area contributed by atoms with Gasteiger partial charge in [-0.1, -0.05) is 163 Å². The second-order valence-corrected chi connectivity index (χ2v) is 42.8. The first-order valence-electron chi connectivity index (χ1n) is 43.7. The van der Waals surface area contributed by atoms with Crippen molar-refractivity contribution < 1.29 is 68.4 Å². The summed E-state index contributed by atoms with van der Waals surface area (Å²) in [5.41, 5.74) is 31.8. The summed E-state index contributed by atoms with van der Waals surface area (Å²) in [4.78, 5) is 138. The molecule has 9 heterocycles. The van der Waals surface area contributed by atoms with Gasteiger partial charge in [-0.05, 0) is 201 Å². The Morgan fingerprint density at radius 3 is 1.01 bits per heavy atom. The van der Waals surface area contributed by atoms with Gasteiger partial charge in [0.25, 0.3) is 47.3 Å². The van der Waals surface area contributed by atoms with E-state index >= 15 is 0 Å². The molecule has 9 aromatic heterocycles. The predicted octanol–water partition coefficient (Wildman–Crippen LogP) is 22.7. The van der Waals surface area contributed by atoms with Crippen molar-refractivity contribution in [3.8, 4) is 64.8 Å². The molecule has 15 N–H and O–H groups in total. The normalized spacial score (nSPS) is 11.5. The standard InChI is InChI=1S/C30H30N4O4S2.C26H21BrN4O4S2.C23H17Cl2N5O3S2.C23H23Cl2N3O3S2/c1-17(22-16-39-26(25(22)35)19-9-11-21(12-10-19)30(2,3)4)33-34-29(38)24-14-13-23(40-24)28(37)32-15-18-5-7-20(8-6-18)27(31)36;1-14(19-13-36-23(22(19)32)16-6-8-18(27)9-7-16)30-31-26(35)21-11-10-20(37-21)25(34)29-12-15-2-4-17(5-3-15)24(28)33;1-12(15-10-34-21(20(15)31)13-2-3-16(24)17(25)8-13)29-30-23(33)19-5-4-18(35-19)22(32)27-9-14-6-7-26-11-28-14;1-4-10-28(5-2)23(31)19-9-8-18(33-19)22(30)27-26-13(3)15-12-32-21(20(15)29)14-6-7-16(24)17(25)11-14/h5-14,16,35H,15H2,1-4H3,(H2,31,36)(H,32,37)(H,34,38);2-11,13,32H,12H2,1H3,(H2,28,33)(H,29,34)(H,31,35);2-8,10-11,31H,9H2,1H3,(H,27,32)(H,30,33);6-9,11-12,29H,4-5,10H2,1-3H3,(H,27,30)/b33-17+;30-14+;29-12+;26-13+. The van der Waals surface area contributed by atoms with Gasteiger partial charge in [-0.2, -0.15) is 20.4 Å². The molecular formula is C102H91BrCl4N16O14S8. The van der Waals surface area contributed by atoms with Crippen LogP contribution in [0.2, 0.25) is 20.1 Å². The van der Waals surface area contributed by atoms with E-state index in [-0.39, 0.29) is 71.7 Å². The number of amides is 10. The van der Waals surface area contributed by atoms with Gasteiger partial charge in [0.1, 0.15) is 29.3 Å². The van der Waals surface area contributed by atoms with E-state index in [1.165, 1.54) is 57.2 Å². The third kappa shape index (κ3) is 29.3. The Bertz CT molecular complexity index is 7430. The molecule has 746 valence electrons. The number of benzene rings is 6. The number of carbonyl (C=O) groups is 10. The Kier molecular flexibility index (Phi) is 38.8. The maximum Gasteiger partial charge on any atom is 0.281 e. The minimum atomic E-state index is -0.517. The number of aromatic nitrogens is 2. The number of hydrogen-bond donors (Lipinski definition) is 13. The maximum atomic E-state index is 12.7. The lowest BCUT2D eigenvalue weighted by Crippen LogP contribution is -2.30. The van der Waals surface area contributed by atoms with Gasteiger partial charge >= 0.3 is 0 Å². The van der Waals surface area contributed by atoms with E-state index < -0.39 is 35.4 Å². The number of thiophene rings is 8. The molecule has 0 spiro atoms. The Morgan fingerprint density at radius 1 is 0.393 bits per heavy atom. The van der Waals surface area contributed by atoms with E-state index in [4.69, 9.17) is 57.9 Å². The summed E-state index contributed by atoms with van der Waals surface area (Å²) in [5.74, 6) is -3.60. The molecule has 15 rings (SSSR count). The largest absolute Gasteiger partial charge is 0.506 e. The van der Waals surface area contributed by atoms with Crippen LogP contribution in [0.25, 0.3) is 41.8 Å². The Hall–Kier alpha value is -13.8. The third-order valence-corrected chi connectivity index (χ3v) is 31.6. The number of nitrogens with two attached hydrogens (primary N) is 2. The van der Waals surface area contributed by atoms with Crippen LogP contribution in [-0.2, 0) is 25.0 Å². The van der Waals surface area contributed by atoms with Crippen molar-refractivity contribution in [3.05, 3.63) is 341 Å². The highest BCUT2D eigenvalue weighted by molar-refractivity contribution is 9.10. The predicted molar refractivity (Wildman–Crippen MR) is 585 cm³/mol. The Balaban J connectivity index is 0.000000173. The molecule has 0 aliphatic heterocycles. The molecule has 6 aromatic carbocycles. The summed E-state index contributed by atoms with van der Waals surface area (Å²) in [7, 11) is 0. The highest BCUT2D eigenvalue weighted by Gasteiger charge is 2.26. The fraction of sp³-hybridized carbons (Fsp3) is 0.157. The van der Waals surface area contributed by atoms with Crippen LogP contribution in [0.1, 0.15) is 211 Å². The quantitative estimate of drug-likeness (QED) is 0.0142. The van der Waals surface area contributed by atoms with Gasteiger partial charge in [-0.15, -0.1) is 90.7 Å². The fourth-order valence-electron chi connectivity index (χ4n) is 13.2. The lowest BCUT2D eigenvalue weighted by molar-refractivity contribution is 0.0767. The summed E-state index contributed by atoms with van der Waals surface area (Å²) in [6, 6.07) is 53.5. The summed E-state index contributed by atoms with van der Waals surface area (Å²) >= 11 is 37.2. The van der Waals surface area contributed by atoms with Crippen LogP contribution < -0.4 is 49.1 Å². The van der Waals surface area contributed by atoms with E-state index in [1.807, 2.05) is 55.6 Å². The van der Waals surface area contributed by atoms with E-state index in [2.05, 4.69) is 117 Å². The SMILES string of the molecule is C/C(=N\NC(=O)c1ccc(C(=O)NCc2ccc(C(N)=O)cc2)s1)c1csc(-c2ccc(Br)cc2)c1O.C/C(=N\NC(=O)c1ccc(C(=O)NCc2ccc(C(N)=O)cc2)s1)c1csc(-c2ccc(C(C)(C)C)cc2)c1O.C/C(=N\NC(=O)c1ccc(C(=O)NCc2ccncn2)s1)c1csc(-c2ccc(Cl)c(Cl)c2)c1O.CCCN(CC)C(=O)c1ccc(C(=O)N/N=C(\C)c2csc(-c3ccc(Cl)c(Cl)c3)c2O)s1. The molecule has 145 heavy (non-hydrogen) atoms. The van der Waals surface area contributed by atoms with Gasteiger partial charge < -0.3 is 52.7 Å². The van der Waals surface area contributed by atoms with E-state index in [1.54, 1.807) is 194 Å². The molecule has 0 aliphatic rings. The summed E-state index contributed by atoms with van der Waals surface area (Å²) in [6.45, 7) is 19.2. The van der Waals surface area contributed by atoms with E-state index in [0.29, 0.717) is 154 Å². The van der Waals surface area contributed by atoms with Gasteiger partial charge in [-0.3, -0.25) is 47.9 Å². The van der Waals surface area contributed by atoms with Crippen LogP contribution in [0.15, 0.2) is 247 Å². The molecule has 15 aromatic rings. The summed E-state index contributed by atoms with van der Waals surface area (Å²) in [6.07, 6.45) is 3.87. The first-order valence-corrected chi connectivity index (χ1v) is 52.8. The Labute approximate surface area is 892 Å². The van der Waals surface area contributed by atoms with Crippen LogP contribution >= 0.6 is 153 Å². The molecule has 30 nitrogen and oxygen atoms in total. The number of rotatable bonds is 31. The van der Waals surface area contributed by atoms with Crippen LogP contribution in [0.3, 0.4) is 0 Å². The van der Waals surface area contributed by atoms with Crippen molar-refractivity contribution in [2.45, 2.75) is 93.8 Å². The average Bonchev–Trinajstić information content (AvgIpc) is 1.67. The second kappa shape index (κ2) is 51.1. The van der Waals surface area contributed by atoms with Gasteiger partial charge in [-0.25, -0.2) is 31.7 Å². The van der Waals surface area contributed by atoms with Crippen LogP contribution in [0.5, 0.6) is 23.0 Å². The fourth-order valence-corrected chi connectivity index (χ4v) is 21.4. The second-order valence-electron chi connectivity index (χ2n) is 32.4. The molecule has 0 atom stereocenters. The number of hydrazone groups is 4. The van der Waals surface area contributed by atoms with Gasteiger partial charge in [0, 0.05) is 69.5 Å². The van der Waals surface area contributed by atoms with E-state index in [9.17, 15) is 68.4 Å². The van der Waals surface area contributed by atoms with Gasteiger partial charge in [0.05, 0.1) is 136 Å². The number of hydrogen-bond acceptors (Lipinski definition) is 28. The lowest BCUT2D eigenvalue weighted by atomic mass is 9.86. The number of nitrogens with one attached hydrogen (secondary N) is 7. The van der Waals surface area contributed by atoms with Crippen molar-refractivity contribution in [1.82, 2.24) is 52.5 Å². The molecule has 10 amide bonds. The van der Waals surface area contributed by atoms with Crippen molar-refractivity contribution in [1.29, 1.82) is 0 Å². The number of halogens is 5. The first-order chi connectivity index (χ1) is 69.2. The molecule has 0 fully saturated rings. The molecule has 43 heteroatoms. The first kappa shape index (κ1) is 110. The van der Waals surface area contributed by atoms with Crippen molar-refractivity contribution in [2.24, 2.45) is 31.9 Å². The van der Waals surface area contributed by atoms with Crippen LogP contribution in [0, 0.1) is 0 Å². The highest BCUT2D eigenvalue weighted by atomic mass is 79.9. The number of primary amides is 2. The van der Waals surface area contributed by atoms with Gasteiger partial charge in [0.2, 0.25) is 11.8 Å². The zero-order valence-corrected chi connectivity index (χ0v) is 89.6. The number of carbonyl (C=O) groups excluding carboxylic acids is 10. The van der Waals surface area contributed by atoms with Crippen molar-refractivity contribution in [3.63, 3.8) is 0 Å². The van der Waals surface area contributed by atoms with Gasteiger partial charge in [0.15, 0.2) is 0 Å². The lowest BCUT2D eigenvalue weighted by Gasteiger charge is -2.19. The minimum Gasteiger partial charge on any atom is -0.506 e. The Morgan fingerprint density at radius 2 is 0.703 bits per heavy atom. The zero-order chi connectivity index (χ0) is 105. The molecule has 0 saturated carbocycles. The highest BCUT2D eigenvalue weighted by Crippen LogP contribution is 2.45. The van der Waals surface area contributed by atoms with Crippen LogP contribution in [-0.4, -0.2) is 130 Å². The summed E-state index contributed by atoms with van der Waals surface area (Å²) in [5, 5.41) is 76.5. The van der Waals surface area contributed by atoms with E-state index in [0.717, 1.165) is 88.9 Å². The smallest absolute Gasteiger partial charge is 0.281 e. The molecule has 0 unspecified atom stereocenters. The minimum absolute atomic E-state index is 0.0302. The van der Waals surface area contributed by atoms with Crippen LogP contribution in [0.4, 0.5) is 0 Å². The molecule has 0 bridgehead atoms. The molecular weight excluding hydrogens is 2150 g/mol. The monoisotopic (exact) mass is 2240 g/mol. The summed E-state index contributed by atoms with van der Waals surface area (Å²) < 4.78 is 0.943. The van der Waals surface area contributed by atoms with Crippen molar-refractivity contribution in [2.75, 3.05) is 13.1 Å². The van der Waals surface area contributed by atoms with Crippen molar-refractivity contribution >= 4 is 235 Å². The third-order valence-electron chi connectivity index (χ3n) is 21.2. The molecule has 0 aliphatic carbocycles. The zero-order valence-electron chi connectivity index (χ0n) is 78.4. The average molecular weight is 2240 g/mol. The molecule has 0 radical (unpaired) electrons. The number of nitrogens with zero attached hydrogens (tertiary/aromatic N) is 7. The maximum absolute atomic E-state index is 12.7. The molecule has 0 saturated heterocycles. The number of aromatic hydroxyl groups is 4.